The molecule has 6 heteroatoms. The molecule has 0 spiro atoms. The van der Waals surface area contributed by atoms with E-state index in [4.69, 9.17) is 23.2 Å². The van der Waals surface area contributed by atoms with Gasteiger partial charge < -0.3 is 0 Å². The molecule has 0 amide bonds. The highest BCUT2D eigenvalue weighted by molar-refractivity contribution is 6.38. The number of aromatic nitrogens is 3. The molecule has 2 aromatic heterocycles. The van der Waals surface area contributed by atoms with Gasteiger partial charge in [0.1, 0.15) is 12.1 Å². The van der Waals surface area contributed by atoms with E-state index in [1.54, 1.807) is 30.5 Å². The van der Waals surface area contributed by atoms with Crippen molar-refractivity contribution in [2.24, 2.45) is 0 Å². The van der Waals surface area contributed by atoms with Crippen LogP contribution < -0.4 is 5.56 Å². The van der Waals surface area contributed by atoms with Crippen LogP contribution in [-0.2, 0) is 0 Å². The lowest BCUT2D eigenvalue weighted by molar-refractivity contribution is 0.920. The molecule has 3 aromatic rings. The van der Waals surface area contributed by atoms with Crippen molar-refractivity contribution in [2.75, 3.05) is 0 Å². The maximum Gasteiger partial charge on any atom is 0.268 e. The van der Waals surface area contributed by atoms with Gasteiger partial charge in [0.05, 0.1) is 15.9 Å². The molecule has 0 aliphatic carbocycles. The number of benzene rings is 1. The number of fused-ring (bicyclic) bond motifs is 1. The first-order valence-corrected chi connectivity index (χ1v) is 7.20. The van der Waals surface area contributed by atoms with Gasteiger partial charge in [-0.15, -0.1) is 0 Å². The average Bonchev–Trinajstić information content (AvgIpc) is 2.50. The van der Waals surface area contributed by atoms with E-state index in [1.165, 1.54) is 17.0 Å². The lowest BCUT2D eigenvalue weighted by Gasteiger charge is -2.06. The number of nitrogens with zero attached hydrogens (tertiary/aromatic N) is 3. The first-order chi connectivity index (χ1) is 10.2. The predicted octanol–water partition coefficient (Wildman–Crippen LogP) is 4.11. The maximum atomic E-state index is 12.4. The van der Waals surface area contributed by atoms with E-state index in [0.717, 1.165) is 0 Å². The SMILES string of the molecule is CC.O=c1c2c(Cl)cc(Cl)cc2ncn1-c1ccccn1. The molecule has 0 atom stereocenters. The predicted molar refractivity (Wildman–Crippen MR) is 86.5 cm³/mol. The molecule has 3 rings (SSSR count). The Morgan fingerprint density at radius 1 is 1.10 bits per heavy atom. The van der Waals surface area contributed by atoms with Crippen LogP contribution in [0.1, 0.15) is 13.8 Å². The summed E-state index contributed by atoms with van der Waals surface area (Å²) in [5.74, 6) is 0.493. The van der Waals surface area contributed by atoms with E-state index in [-0.39, 0.29) is 10.6 Å². The molecule has 2 heterocycles. The quantitative estimate of drug-likeness (QED) is 0.677. The normalized spacial score (nSPS) is 10.1. The second kappa shape index (κ2) is 6.70. The molecule has 0 radical (unpaired) electrons. The van der Waals surface area contributed by atoms with Gasteiger partial charge in [-0.1, -0.05) is 43.1 Å². The lowest BCUT2D eigenvalue weighted by Crippen LogP contribution is -2.20. The Hall–Kier alpha value is -1.91. The van der Waals surface area contributed by atoms with E-state index in [2.05, 4.69) is 9.97 Å². The van der Waals surface area contributed by atoms with Crippen molar-refractivity contribution in [3.63, 3.8) is 0 Å². The van der Waals surface area contributed by atoms with Gasteiger partial charge in [-0.05, 0) is 24.3 Å². The van der Waals surface area contributed by atoms with Crippen LogP contribution in [0.4, 0.5) is 0 Å². The highest BCUT2D eigenvalue weighted by Gasteiger charge is 2.10. The molecule has 108 valence electrons. The molecule has 0 aliphatic heterocycles. The van der Waals surface area contributed by atoms with Crippen LogP contribution in [0.5, 0.6) is 0 Å². The third kappa shape index (κ3) is 3.06. The van der Waals surface area contributed by atoms with Gasteiger partial charge in [-0.3, -0.25) is 9.36 Å². The first-order valence-electron chi connectivity index (χ1n) is 6.44. The Kier molecular flexibility index (Phi) is 4.94. The van der Waals surface area contributed by atoms with E-state index >= 15 is 0 Å². The minimum atomic E-state index is -0.273. The summed E-state index contributed by atoms with van der Waals surface area (Å²) in [4.78, 5) is 20.7. The van der Waals surface area contributed by atoms with Crippen LogP contribution >= 0.6 is 23.2 Å². The fourth-order valence-electron chi connectivity index (χ4n) is 1.83. The lowest BCUT2D eigenvalue weighted by atomic mass is 10.2. The van der Waals surface area contributed by atoms with Crippen molar-refractivity contribution >= 4 is 34.1 Å². The fourth-order valence-corrected chi connectivity index (χ4v) is 2.39. The number of rotatable bonds is 1. The molecular formula is C15H13Cl2N3O. The van der Waals surface area contributed by atoms with Gasteiger partial charge in [0.25, 0.3) is 5.56 Å². The standard InChI is InChI=1S/C13H7Cl2N3O.C2H6/c14-8-5-9(15)12-10(6-8)17-7-18(13(12)19)11-3-1-2-4-16-11;1-2/h1-7H;1-2H3. The van der Waals surface area contributed by atoms with Gasteiger partial charge >= 0.3 is 0 Å². The van der Waals surface area contributed by atoms with Gasteiger partial charge in [0, 0.05) is 11.2 Å². The zero-order valence-electron chi connectivity index (χ0n) is 11.5. The van der Waals surface area contributed by atoms with Gasteiger partial charge in [0.15, 0.2) is 0 Å². The summed E-state index contributed by atoms with van der Waals surface area (Å²) in [7, 11) is 0. The zero-order chi connectivity index (χ0) is 15.4. The summed E-state index contributed by atoms with van der Waals surface area (Å²) in [6, 6.07) is 8.42. The minimum Gasteiger partial charge on any atom is -0.268 e. The molecule has 0 saturated heterocycles. The highest BCUT2D eigenvalue weighted by atomic mass is 35.5. The van der Waals surface area contributed by atoms with Crippen LogP contribution in [0.15, 0.2) is 47.7 Å². The van der Waals surface area contributed by atoms with Gasteiger partial charge in [-0.25, -0.2) is 9.97 Å². The Bertz CT molecular complexity index is 816. The van der Waals surface area contributed by atoms with Crippen molar-refractivity contribution in [2.45, 2.75) is 13.8 Å². The van der Waals surface area contributed by atoms with Gasteiger partial charge in [-0.2, -0.15) is 0 Å². The summed E-state index contributed by atoms with van der Waals surface area (Å²) in [5, 5.41) is 1.06. The molecule has 0 unspecified atom stereocenters. The van der Waals surface area contributed by atoms with Crippen LogP contribution in [0.3, 0.4) is 0 Å². The van der Waals surface area contributed by atoms with Crippen LogP contribution in [-0.4, -0.2) is 14.5 Å². The number of hydrogen-bond donors (Lipinski definition) is 0. The van der Waals surface area contributed by atoms with Crippen molar-refractivity contribution in [3.05, 3.63) is 63.3 Å². The van der Waals surface area contributed by atoms with Crippen LogP contribution in [0, 0.1) is 0 Å². The van der Waals surface area contributed by atoms with Crippen molar-refractivity contribution < 1.29 is 0 Å². The first kappa shape index (κ1) is 15.5. The molecule has 4 nitrogen and oxygen atoms in total. The van der Waals surface area contributed by atoms with E-state index in [0.29, 0.717) is 21.7 Å². The molecule has 0 N–H and O–H groups in total. The molecular weight excluding hydrogens is 309 g/mol. The van der Waals surface area contributed by atoms with E-state index in [9.17, 15) is 4.79 Å². The molecule has 0 aliphatic rings. The Morgan fingerprint density at radius 2 is 1.86 bits per heavy atom. The van der Waals surface area contributed by atoms with E-state index < -0.39 is 0 Å². The largest absolute Gasteiger partial charge is 0.268 e. The van der Waals surface area contributed by atoms with Crippen molar-refractivity contribution in [1.29, 1.82) is 0 Å². The van der Waals surface area contributed by atoms with Gasteiger partial charge in [0.2, 0.25) is 0 Å². The topological polar surface area (TPSA) is 47.8 Å². The summed E-state index contributed by atoms with van der Waals surface area (Å²) in [6.45, 7) is 4.00. The molecule has 1 aromatic carbocycles. The Balaban J connectivity index is 0.000000774. The third-order valence-corrected chi connectivity index (χ3v) is 3.19. The fraction of sp³-hybridized carbons (Fsp3) is 0.133. The molecule has 0 bridgehead atoms. The van der Waals surface area contributed by atoms with E-state index in [1.807, 2.05) is 13.8 Å². The number of pyridine rings is 1. The zero-order valence-corrected chi connectivity index (χ0v) is 13.1. The summed E-state index contributed by atoms with van der Waals surface area (Å²) >= 11 is 12.0. The summed E-state index contributed by atoms with van der Waals surface area (Å²) < 4.78 is 1.35. The summed E-state index contributed by atoms with van der Waals surface area (Å²) in [6.07, 6.45) is 3.02. The monoisotopic (exact) mass is 321 g/mol. The molecule has 0 fully saturated rings. The Morgan fingerprint density at radius 3 is 2.52 bits per heavy atom. The van der Waals surface area contributed by atoms with Crippen LogP contribution in [0.2, 0.25) is 10.0 Å². The Labute approximate surface area is 132 Å². The maximum absolute atomic E-state index is 12.4. The minimum absolute atomic E-state index is 0.273. The van der Waals surface area contributed by atoms with Crippen LogP contribution in [0.25, 0.3) is 16.7 Å². The van der Waals surface area contributed by atoms with Crippen molar-refractivity contribution in [3.8, 4) is 5.82 Å². The number of hydrogen-bond acceptors (Lipinski definition) is 3. The molecule has 0 saturated carbocycles. The third-order valence-electron chi connectivity index (χ3n) is 2.68. The highest BCUT2D eigenvalue weighted by Crippen LogP contribution is 2.24. The smallest absolute Gasteiger partial charge is 0.268 e. The van der Waals surface area contributed by atoms with Crippen molar-refractivity contribution in [1.82, 2.24) is 14.5 Å². The average molecular weight is 322 g/mol. The second-order valence-corrected chi connectivity index (χ2v) is 4.73. The molecule has 21 heavy (non-hydrogen) atoms. The summed E-state index contributed by atoms with van der Waals surface area (Å²) in [5.41, 5.74) is 0.194. The second-order valence-electron chi connectivity index (χ2n) is 3.89. The number of halogens is 2.